The third kappa shape index (κ3) is 2.72. The van der Waals surface area contributed by atoms with Gasteiger partial charge in [0, 0.05) is 11.9 Å². The third-order valence-electron chi connectivity index (χ3n) is 3.00. The van der Waals surface area contributed by atoms with Crippen LogP contribution in [0.5, 0.6) is 0 Å². The van der Waals surface area contributed by atoms with Crippen LogP contribution in [0.4, 0.5) is 8.78 Å². The molecule has 3 aromatic rings. The summed E-state index contributed by atoms with van der Waals surface area (Å²) in [7, 11) is 0. The summed E-state index contributed by atoms with van der Waals surface area (Å²) in [5.41, 5.74) is 6.55. The van der Waals surface area contributed by atoms with Crippen LogP contribution in [0.25, 0.3) is 10.9 Å². The normalized spacial score (nSPS) is 11.0. The predicted octanol–water partition coefficient (Wildman–Crippen LogP) is 3.52. The van der Waals surface area contributed by atoms with Gasteiger partial charge in [-0.25, -0.2) is 18.7 Å². The van der Waals surface area contributed by atoms with E-state index in [9.17, 15) is 8.78 Å². The number of aromatic nitrogens is 2. The van der Waals surface area contributed by atoms with Crippen molar-refractivity contribution in [2.45, 2.75) is 16.5 Å². The molecule has 0 saturated carbocycles. The molecule has 1 aromatic heterocycles. The molecule has 21 heavy (non-hydrogen) atoms. The van der Waals surface area contributed by atoms with Gasteiger partial charge in [0.15, 0.2) is 0 Å². The minimum atomic E-state index is -0.636. The molecule has 0 aliphatic carbocycles. The van der Waals surface area contributed by atoms with E-state index >= 15 is 0 Å². The van der Waals surface area contributed by atoms with Crippen LogP contribution in [0.3, 0.4) is 0 Å². The van der Waals surface area contributed by atoms with Gasteiger partial charge in [-0.3, -0.25) is 0 Å². The second-order valence-electron chi connectivity index (χ2n) is 4.39. The Hall–Kier alpha value is -2.05. The lowest BCUT2D eigenvalue weighted by Gasteiger charge is -2.08. The summed E-state index contributed by atoms with van der Waals surface area (Å²) >= 11 is 0.948. The van der Waals surface area contributed by atoms with E-state index in [2.05, 4.69) is 9.97 Å². The van der Waals surface area contributed by atoms with Gasteiger partial charge in [0.1, 0.15) is 23.0 Å². The van der Waals surface area contributed by atoms with Crippen LogP contribution in [0.2, 0.25) is 0 Å². The van der Waals surface area contributed by atoms with Crippen LogP contribution >= 0.6 is 11.8 Å². The highest BCUT2D eigenvalue weighted by atomic mass is 32.2. The van der Waals surface area contributed by atoms with E-state index < -0.39 is 11.6 Å². The standard InChI is InChI=1S/C15H11F2N3S/c16-11-5-9(7-18)6-12(17)14(11)21-15-10-3-1-2-4-13(10)19-8-20-15/h1-6,8H,7,18H2. The van der Waals surface area contributed by atoms with Crippen LogP contribution in [0.15, 0.2) is 52.6 Å². The number of nitrogens with two attached hydrogens (primary N) is 1. The number of hydrogen-bond donors (Lipinski definition) is 1. The van der Waals surface area contributed by atoms with Gasteiger partial charge >= 0.3 is 0 Å². The van der Waals surface area contributed by atoms with E-state index in [-0.39, 0.29) is 11.4 Å². The minimum Gasteiger partial charge on any atom is -0.326 e. The van der Waals surface area contributed by atoms with Crippen LogP contribution < -0.4 is 5.73 Å². The summed E-state index contributed by atoms with van der Waals surface area (Å²) < 4.78 is 28.0. The second-order valence-corrected chi connectivity index (χ2v) is 5.39. The maximum Gasteiger partial charge on any atom is 0.140 e. The van der Waals surface area contributed by atoms with E-state index in [1.165, 1.54) is 18.5 Å². The molecule has 0 spiro atoms. The Morgan fingerprint density at radius 2 is 1.76 bits per heavy atom. The lowest BCUT2D eigenvalue weighted by atomic mass is 10.2. The first-order chi connectivity index (χ1) is 10.2. The fourth-order valence-corrected chi connectivity index (χ4v) is 2.87. The molecular weight excluding hydrogens is 292 g/mol. The molecule has 3 nitrogen and oxygen atoms in total. The Morgan fingerprint density at radius 3 is 2.48 bits per heavy atom. The first kappa shape index (κ1) is 13.9. The number of fused-ring (bicyclic) bond motifs is 1. The van der Waals surface area contributed by atoms with Gasteiger partial charge < -0.3 is 5.73 Å². The maximum atomic E-state index is 14.0. The Bertz CT molecular complexity index is 780. The molecule has 2 aromatic carbocycles. The molecule has 0 unspecified atom stereocenters. The molecule has 0 aliphatic heterocycles. The zero-order chi connectivity index (χ0) is 14.8. The van der Waals surface area contributed by atoms with Gasteiger partial charge in [0.05, 0.1) is 10.4 Å². The van der Waals surface area contributed by atoms with Gasteiger partial charge in [-0.2, -0.15) is 0 Å². The zero-order valence-electron chi connectivity index (χ0n) is 10.9. The molecule has 3 rings (SSSR count). The lowest BCUT2D eigenvalue weighted by molar-refractivity contribution is 0.537. The average Bonchev–Trinajstić information content (AvgIpc) is 2.50. The number of halogens is 2. The number of rotatable bonds is 3. The van der Waals surface area contributed by atoms with Crippen LogP contribution in [0, 0.1) is 11.6 Å². The summed E-state index contributed by atoms with van der Waals surface area (Å²) in [5.74, 6) is -1.27. The Balaban J connectivity index is 2.07. The number of hydrogen-bond acceptors (Lipinski definition) is 4. The van der Waals surface area contributed by atoms with Crippen molar-refractivity contribution in [3.8, 4) is 0 Å². The highest BCUT2D eigenvalue weighted by molar-refractivity contribution is 7.99. The van der Waals surface area contributed by atoms with Crippen molar-refractivity contribution in [3.05, 3.63) is 59.9 Å². The number of nitrogens with zero attached hydrogens (tertiary/aromatic N) is 2. The fourth-order valence-electron chi connectivity index (χ4n) is 1.99. The quantitative estimate of drug-likeness (QED) is 0.752. The predicted molar refractivity (Wildman–Crippen MR) is 77.9 cm³/mol. The van der Waals surface area contributed by atoms with Crippen LogP contribution in [-0.2, 0) is 6.54 Å². The van der Waals surface area contributed by atoms with Crippen LogP contribution in [0.1, 0.15) is 5.56 Å². The largest absolute Gasteiger partial charge is 0.326 e. The monoisotopic (exact) mass is 303 g/mol. The molecule has 0 aliphatic rings. The Morgan fingerprint density at radius 1 is 1.05 bits per heavy atom. The molecular formula is C15H11F2N3S. The number of benzene rings is 2. The van der Waals surface area contributed by atoms with E-state index in [0.717, 1.165) is 22.7 Å². The summed E-state index contributed by atoms with van der Waals surface area (Å²) in [6.45, 7) is 0.0925. The Kier molecular flexibility index (Phi) is 3.81. The molecule has 6 heteroatoms. The fraction of sp³-hybridized carbons (Fsp3) is 0.0667. The first-order valence-electron chi connectivity index (χ1n) is 6.24. The van der Waals surface area contributed by atoms with E-state index in [0.29, 0.717) is 10.6 Å². The SMILES string of the molecule is NCc1cc(F)c(Sc2ncnc3ccccc23)c(F)c1. The zero-order valence-corrected chi connectivity index (χ0v) is 11.7. The van der Waals surface area contributed by atoms with Crippen LogP contribution in [-0.4, -0.2) is 9.97 Å². The topological polar surface area (TPSA) is 51.8 Å². The van der Waals surface area contributed by atoms with Gasteiger partial charge in [-0.1, -0.05) is 30.0 Å². The molecule has 0 saturated heterocycles. The second kappa shape index (κ2) is 5.75. The van der Waals surface area contributed by atoms with Gasteiger partial charge in [-0.05, 0) is 23.8 Å². The van der Waals surface area contributed by atoms with E-state index in [1.54, 1.807) is 0 Å². The van der Waals surface area contributed by atoms with Gasteiger partial charge in [0.2, 0.25) is 0 Å². The summed E-state index contributed by atoms with van der Waals surface area (Å²) in [4.78, 5) is 8.16. The smallest absolute Gasteiger partial charge is 0.140 e. The molecule has 1 heterocycles. The van der Waals surface area contributed by atoms with Crippen molar-refractivity contribution in [1.82, 2.24) is 9.97 Å². The van der Waals surface area contributed by atoms with Crippen molar-refractivity contribution < 1.29 is 8.78 Å². The average molecular weight is 303 g/mol. The molecule has 0 fully saturated rings. The molecule has 106 valence electrons. The highest BCUT2D eigenvalue weighted by Gasteiger charge is 2.15. The molecule has 0 radical (unpaired) electrons. The molecule has 0 atom stereocenters. The number of para-hydroxylation sites is 1. The van der Waals surface area contributed by atoms with Crippen molar-refractivity contribution >= 4 is 22.7 Å². The van der Waals surface area contributed by atoms with Gasteiger partial charge in [-0.15, -0.1) is 0 Å². The Labute approximate surface area is 124 Å². The van der Waals surface area contributed by atoms with Gasteiger partial charge in [0.25, 0.3) is 0 Å². The lowest BCUT2D eigenvalue weighted by Crippen LogP contribution is -2.00. The van der Waals surface area contributed by atoms with E-state index in [1.807, 2.05) is 24.3 Å². The third-order valence-corrected chi connectivity index (χ3v) is 4.11. The summed E-state index contributed by atoms with van der Waals surface area (Å²) in [6.07, 6.45) is 1.38. The highest BCUT2D eigenvalue weighted by Crippen LogP contribution is 2.34. The molecule has 0 bridgehead atoms. The summed E-state index contributed by atoms with van der Waals surface area (Å²) in [5, 5.41) is 1.27. The van der Waals surface area contributed by atoms with Crippen molar-refractivity contribution in [1.29, 1.82) is 0 Å². The summed E-state index contributed by atoms with van der Waals surface area (Å²) in [6, 6.07) is 9.82. The van der Waals surface area contributed by atoms with Crippen molar-refractivity contribution in [2.24, 2.45) is 5.73 Å². The molecule has 2 N–H and O–H groups in total. The van der Waals surface area contributed by atoms with Crippen molar-refractivity contribution in [2.75, 3.05) is 0 Å². The minimum absolute atomic E-state index is 0.0870. The van der Waals surface area contributed by atoms with E-state index in [4.69, 9.17) is 5.73 Å². The maximum absolute atomic E-state index is 14.0. The molecule has 0 amide bonds. The van der Waals surface area contributed by atoms with Crippen molar-refractivity contribution in [3.63, 3.8) is 0 Å². The first-order valence-corrected chi connectivity index (χ1v) is 7.06.